The van der Waals surface area contributed by atoms with Crippen LogP contribution in [0, 0.1) is 6.92 Å². The lowest BCUT2D eigenvalue weighted by Crippen LogP contribution is -2.46. The average Bonchev–Trinajstić information content (AvgIpc) is 2.28. The molecular formula is C13H18BrNO2. The Bertz CT molecular complexity index is 414. The number of aromatic hydroxyl groups is 1. The fourth-order valence-corrected chi connectivity index (χ4v) is 1.93. The monoisotopic (exact) mass is 299 g/mol. The van der Waals surface area contributed by atoms with Gasteiger partial charge < -0.3 is 10.4 Å². The van der Waals surface area contributed by atoms with Gasteiger partial charge in [0, 0.05) is 10.9 Å². The summed E-state index contributed by atoms with van der Waals surface area (Å²) >= 11 is 3.39. The van der Waals surface area contributed by atoms with E-state index in [0.29, 0.717) is 10.9 Å². The third-order valence-electron chi connectivity index (χ3n) is 2.89. The van der Waals surface area contributed by atoms with Gasteiger partial charge in [0.15, 0.2) is 0 Å². The van der Waals surface area contributed by atoms with Gasteiger partial charge in [-0.15, -0.1) is 0 Å². The van der Waals surface area contributed by atoms with E-state index in [4.69, 9.17) is 0 Å². The van der Waals surface area contributed by atoms with E-state index in [1.54, 1.807) is 12.1 Å². The molecule has 0 aliphatic heterocycles. The zero-order valence-corrected chi connectivity index (χ0v) is 12.0. The van der Waals surface area contributed by atoms with E-state index in [0.717, 1.165) is 12.0 Å². The van der Waals surface area contributed by atoms with Crippen LogP contribution in [0.1, 0.15) is 36.2 Å². The van der Waals surface area contributed by atoms with Crippen molar-refractivity contribution >= 4 is 21.8 Å². The van der Waals surface area contributed by atoms with Gasteiger partial charge in [-0.3, -0.25) is 4.79 Å². The number of hydrogen-bond acceptors (Lipinski definition) is 2. The van der Waals surface area contributed by atoms with Gasteiger partial charge in [-0.05, 0) is 38.0 Å². The van der Waals surface area contributed by atoms with Crippen molar-refractivity contribution in [2.24, 2.45) is 0 Å². The number of phenols is 1. The molecule has 1 atom stereocenters. The van der Waals surface area contributed by atoms with Crippen LogP contribution in [0.5, 0.6) is 5.75 Å². The average molecular weight is 300 g/mol. The van der Waals surface area contributed by atoms with Gasteiger partial charge in [-0.25, -0.2) is 0 Å². The Kier molecular flexibility index (Phi) is 4.57. The summed E-state index contributed by atoms with van der Waals surface area (Å²) in [5, 5.41) is 13.3. The Morgan fingerprint density at radius 2 is 2.18 bits per heavy atom. The Balaban J connectivity index is 2.90. The minimum Gasteiger partial charge on any atom is -0.507 e. The number of hydrogen-bond donors (Lipinski definition) is 2. The van der Waals surface area contributed by atoms with Crippen molar-refractivity contribution in [2.75, 3.05) is 5.33 Å². The molecule has 3 nitrogen and oxygen atoms in total. The molecule has 17 heavy (non-hydrogen) atoms. The van der Waals surface area contributed by atoms with Crippen LogP contribution in [0.2, 0.25) is 0 Å². The fraction of sp³-hybridized carbons (Fsp3) is 0.462. The number of carbonyl (C=O) groups is 1. The first-order chi connectivity index (χ1) is 7.91. The van der Waals surface area contributed by atoms with E-state index in [1.807, 2.05) is 26.8 Å². The molecule has 0 bridgehead atoms. The van der Waals surface area contributed by atoms with Crippen molar-refractivity contribution in [3.63, 3.8) is 0 Å². The number of rotatable bonds is 4. The van der Waals surface area contributed by atoms with Gasteiger partial charge in [0.05, 0.1) is 5.56 Å². The summed E-state index contributed by atoms with van der Waals surface area (Å²) in [6, 6.07) is 5.04. The highest BCUT2D eigenvalue weighted by atomic mass is 79.9. The van der Waals surface area contributed by atoms with Crippen LogP contribution in [0.4, 0.5) is 0 Å². The third kappa shape index (κ3) is 3.46. The van der Waals surface area contributed by atoms with Gasteiger partial charge in [-0.1, -0.05) is 28.9 Å². The summed E-state index contributed by atoms with van der Waals surface area (Å²) in [5.41, 5.74) is 0.947. The fourth-order valence-electron chi connectivity index (χ4n) is 1.39. The number of nitrogens with one attached hydrogen (secondary N) is 1. The Morgan fingerprint density at radius 1 is 1.53 bits per heavy atom. The van der Waals surface area contributed by atoms with Crippen molar-refractivity contribution in [1.82, 2.24) is 5.32 Å². The van der Waals surface area contributed by atoms with Crippen LogP contribution in [0.25, 0.3) is 0 Å². The lowest BCUT2D eigenvalue weighted by atomic mass is 10.0. The van der Waals surface area contributed by atoms with E-state index in [2.05, 4.69) is 21.2 Å². The molecule has 1 amide bonds. The highest BCUT2D eigenvalue weighted by Crippen LogP contribution is 2.20. The van der Waals surface area contributed by atoms with Gasteiger partial charge in [-0.2, -0.15) is 0 Å². The van der Waals surface area contributed by atoms with Crippen molar-refractivity contribution in [2.45, 2.75) is 32.7 Å². The molecule has 1 aromatic rings. The Morgan fingerprint density at radius 3 is 2.65 bits per heavy atom. The molecule has 4 heteroatoms. The topological polar surface area (TPSA) is 49.3 Å². The predicted octanol–water partition coefficient (Wildman–Crippen LogP) is 2.99. The maximum Gasteiger partial charge on any atom is 0.255 e. The molecule has 1 rings (SSSR count). The smallest absolute Gasteiger partial charge is 0.255 e. The molecule has 0 fully saturated rings. The van der Waals surface area contributed by atoms with Gasteiger partial charge >= 0.3 is 0 Å². The van der Waals surface area contributed by atoms with Crippen molar-refractivity contribution < 1.29 is 9.90 Å². The maximum atomic E-state index is 12.0. The molecule has 0 aliphatic rings. The molecular weight excluding hydrogens is 282 g/mol. The van der Waals surface area contributed by atoms with E-state index < -0.39 is 0 Å². The quantitative estimate of drug-likeness (QED) is 0.840. The number of phenolic OH excluding ortho intramolecular Hbond substituents is 1. The van der Waals surface area contributed by atoms with E-state index in [9.17, 15) is 9.90 Å². The lowest BCUT2D eigenvalue weighted by molar-refractivity contribution is 0.0910. The molecule has 1 aromatic carbocycles. The number of benzene rings is 1. The molecule has 0 aromatic heterocycles. The highest BCUT2D eigenvalue weighted by Gasteiger charge is 2.24. The first-order valence-electron chi connectivity index (χ1n) is 5.60. The number of carbonyl (C=O) groups excluding carboxylic acids is 1. The molecule has 0 radical (unpaired) electrons. The Hall–Kier alpha value is -1.03. The summed E-state index contributed by atoms with van der Waals surface area (Å²) in [6.07, 6.45) is 0.816. The molecule has 2 N–H and O–H groups in total. The van der Waals surface area contributed by atoms with Crippen molar-refractivity contribution in [3.05, 3.63) is 29.3 Å². The lowest BCUT2D eigenvalue weighted by Gasteiger charge is -2.27. The molecule has 0 saturated carbocycles. The normalized spacial score (nSPS) is 14.1. The van der Waals surface area contributed by atoms with E-state index >= 15 is 0 Å². The summed E-state index contributed by atoms with van der Waals surface area (Å²) in [5.74, 6) is -0.221. The molecule has 0 aliphatic carbocycles. The maximum absolute atomic E-state index is 12.0. The van der Waals surface area contributed by atoms with Gasteiger partial charge in [0.25, 0.3) is 5.91 Å². The van der Waals surface area contributed by atoms with E-state index in [-0.39, 0.29) is 17.2 Å². The molecule has 0 spiro atoms. The van der Waals surface area contributed by atoms with Crippen LogP contribution in [-0.2, 0) is 0 Å². The number of alkyl halides is 1. The second kappa shape index (κ2) is 5.54. The predicted molar refractivity (Wildman–Crippen MR) is 72.8 cm³/mol. The summed E-state index contributed by atoms with van der Waals surface area (Å²) in [4.78, 5) is 12.0. The first kappa shape index (κ1) is 14.0. The first-order valence-corrected chi connectivity index (χ1v) is 6.72. The van der Waals surface area contributed by atoms with Gasteiger partial charge in [0.2, 0.25) is 0 Å². The number of aryl methyl sites for hydroxylation is 1. The standard InChI is InChI=1S/C13H18BrNO2/c1-4-13(3,8-14)15-12(17)10-6-5-9(2)7-11(10)16/h5-7,16H,4,8H2,1-3H3,(H,15,17). The van der Waals surface area contributed by atoms with Gasteiger partial charge in [0.1, 0.15) is 5.75 Å². The summed E-state index contributed by atoms with van der Waals surface area (Å²) in [7, 11) is 0. The molecule has 94 valence electrons. The Labute approximate surface area is 110 Å². The second-order valence-corrected chi connectivity index (χ2v) is 5.08. The number of halogens is 1. The van der Waals surface area contributed by atoms with Crippen molar-refractivity contribution in [1.29, 1.82) is 0 Å². The summed E-state index contributed by atoms with van der Waals surface area (Å²) in [6.45, 7) is 5.84. The van der Waals surface area contributed by atoms with Crippen LogP contribution in [-0.4, -0.2) is 21.9 Å². The second-order valence-electron chi connectivity index (χ2n) is 4.52. The van der Waals surface area contributed by atoms with Crippen LogP contribution < -0.4 is 5.32 Å². The van der Waals surface area contributed by atoms with Crippen LogP contribution in [0.3, 0.4) is 0 Å². The van der Waals surface area contributed by atoms with Crippen molar-refractivity contribution in [3.8, 4) is 5.75 Å². The SMILES string of the molecule is CCC(C)(CBr)NC(=O)c1ccc(C)cc1O. The largest absolute Gasteiger partial charge is 0.507 e. The van der Waals surface area contributed by atoms with Crippen LogP contribution in [0.15, 0.2) is 18.2 Å². The van der Waals surface area contributed by atoms with Crippen LogP contribution >= 0.6 is 15.9 Å². The molecule has 1 unspecified atom stereocenters. The third-order valence-corrected chi connectivity index (χ3v) is 4.13. The molecule has 0 heterocycles. The number of amides is 1. The van der Waals surface area contributed by atoms with E-state index in [1.165, 1.54) is 0 Å². The highest BCUT2D eigenvalue weighted by molar-refractivity contribution is 9.09. The minimum atomic E-state index is -0.297. The molecule has 0 saturated heterocycles. The zero-order chi connectivity index (χ0) is 13.1. The zero-order valence-electron chi connectivity index (χ0n) is 10.4. The minimum absolute atomic E-state index is 0.0236. The summed E-state index contributed by atoms with van der Waals surface area (Å²) < 4.78 is 0.